The summed E-state index contributed by atoms with van der Waals surface area (Å²) < 4.78 is 37.9. The predicted octanol–water partition coefficient (Wildman–Crippen LogP) is 4.80. The molecule has 0 saturated carbocycles. The number of carbonyl (C=O) groups excluding carboxylic acids is 1. The number of benzene rings is 2. The number of urea groups is 1. The minimum absolute atomic E-state index is 0.0364. The van der Waals surface area contributed by atoms with Crippen molar-refractivity contribution in [3.63, 3.8) is 0 Å². The van der Waals surface area contributed by atoms with E-state index in [0.717, 1.165) is 30.5 Å². The van der Waals surface area contributed by atoms with Gasteiger partial charge in [0.05, 0.1) is 11.1 Å². The number of halogens is 3. The molecule has 160 valence electrons. The first kappa shape index (κ1) is 21.7. The van der Waals surface area contributed by atoms with E-state index in [1.807, 2.05) is 6.07 Å². The average molecular weight is 420 g/mol. The second-order valence-electron chi connectivity index (χ2n) is 7.52. The lowest BCUT2D eigenvalue weighted by Gasteiger charge is -2.33. The molecule has 30 heavy (non-hydrogen) atoms. The van der Waals surface area contributed by atoms with Crippen LogP contribution in [0.4, 0.5) is 18.0 Å². The Morgan fingerprint density at radius 1 is 1.17 bits per heavy atom. The van der Waals surface area contributed by atoms with Crippen LogP contribution in [0, 0.1) is 6.92 Å². The van der Waals surface area contributed by atoms with Crippen LogP contribution in [0.25, 0.3) is 0 Å². The second kappa shape index (κ2) is 8.77. The summed E-state index contributed by atoms with van der Waals surface area (Å²) in [6.07, 6.45) is -2.75. The van der Waals surface area contributed by atoms with Crippen molar-refractivity contribution in [3.05, 3.63) is 70.3 Å². The number of likely N-dealkylation sites (tertiary alicyclic amines) is 1. The number of piperidine rings is 1. The maximum Gasteiger partial charge on any atom is 0.416 e. The third-order valence-electron chi connectivity index (χ3n) is 5.40. The highest BCUT2D eigenvalue weighted by Gasteiger charge is 2.30. The molecule has 1 atom stereocenters. The quantitative estimate of drug-likeness (QED) is 0.747. The Labute approximate surface area is 172 Å². The molecule has 5 nitrogen and oxygen atoms in total. The molecule has 0 aliphatic carbocycles. The lowest BCUT2D eigenvalue weighted by molar-refractivity contribution is -0.137. The molecule has 8 heteroatoms. The average Bonchev–Trinajstić information content (AvgIpc) is 2.72. The summed E-state index contributed by atoms with van der Waals surface area (Å²) in [5, 5.41) is 12.1. The van der Waals surface area contributed by atoms with Crippen LogP contribution in [-0.2, 0) is 12.7 Å². The van der Waals surface area contributed by atoms with Gasteiger partial charge in [0.25, 0.3) is 0 Å². The van der Waals surface area contributed by atoms with Crippen LogP contribution < -0.4 is 5.32 Å². The summed E-state index contributed by atoms with van der Waals surface area (Å²) in [4.78, 5) is 25.6. The van der Waals surface area contributed by atoms with Crippen molar-refractivity contribution in [2.45, 2.75) is 38.4 Å². The molecule has 0 radical (unpaired) electrons. The Morgan fingerprint density at radius 3 is 2.50 bits per heavy atom. The molecule has 2 aromatic carbocycles. The first-order valence-electron chi connectivity index (χ1n) is 9.68. The van der Waals surface area contributed by atoms with Gasteiger partial charge in [0.15, 0.2) is 0 Å². The molecule has 2 N–H and O–H groups in total. The molecule has 1 aliphatic heterocycles. The van der Waals surface area contributed by atoms with E-state index in [1.54, 1.807) is 24.0 Å². The number of carboxylic acid groups (broad SMARTS) is 1. The van der Waals surface area contributed by atoms with Crippen LogP contribution in [0.1, 0.15) is 51.4 Å². The SMILES string of the molecule is Cc1ccc(C2CCCN(C(=O)NCc3ccc(C(F)(F)F)cc3)C2)cc1C(=O)O. The van der Waals surface area contributed by atoms with Gasteiger partial charge in [0.2, 0.25) is 0 Å². The summed E-state index contributed by atoms with van der Waals surface area (Å²) in [6, 6.07) is 9.75. The van der Waals surface area contributed by atoms with Crippen LogP contribution in [-0.4, -0.2) is 35.1 Å². The van der Waals surface area contributed by atoms with E-state index < -0.39 is 17.7 Å². The molecule has 1 heterocycles. The van der Waals surface area contributed by atoms with Crippen molar-refractivity contribution >= 4 is 12.0 Å². The molecule has 2 amide bonds. The maximum absolute atomic E-state index is 12.6. The zero-order valence-corrected chi connectivity index (χ0v) is 16.5. The van der Waals surface area contributed by atoms with E-state index in [2.05, 4.69) is 5.32 Å². The lowest BCUT2D eigenvalue weighted by Crippen LogP contribution is -2.44. The zero-order chi connectivity index (χ0) is 21.9. The molecule has 1 unspecified atom stereocenters. The molecule has 0 aromatic heterocycles. The summed E-state index contributed by atoms with van der Waals surface area (Å²) in [5.41, 5.74) is 1.69. The number of carbonyl (C=O) groups is 2. The standard InChI is InChI=1S/C22H23F3N2O3/c1-14-4-7-16(11-19(14)20(28)29)17-3-2-10-27(13-17)21(30)26-12-15-5-8-18(9-6-15)22(23,24)25/h4-9,11,17H,2-3,10,12-13H2,1H3,(H,26,30)(H,28,29). The third kappa shape index (κ3) is 5.11. The van der Waals surface area contributed by atoms with E-state index in [-0.39, 0.29) is 24.1 Å². The number of aryl methyl sites for hydroxylation is 1. The van der Waals surface area contributed by atoms with E-state index in [1.165, 1.54) is 12.1 Å². The maximum atomic E-state index is 12.6. The van der Waals surface area contributed by atoms with E-state index >= 15 is 0 Å². The summed E-state index contributed by atoms with van der Waals surface area (Å²) >= 11 is 0. The van der Waals surface area contributed by atoms with Gasteiger partial charge >= 0.3 is 18.2 Å². The molecule has 0 spiro atoms. The van der Waals surface area contributed by atoms with Gasteiger partial charge in [-0.2, -0.15) is 13.2 Å². The van der Waals surface area contributed by atoms with Crippen molar-refractivity contribution in [1.29, 1.82) is 0 Å². The smallest absolute Gasteiger partial charge is 0.416 e. The molecule has 2 aromatic rings. The number of rotatable bonds is 4. The summed E-state index contributed by atoms with van der Waals surface area (Å²) in [5.74, 6) is -0.939. The first-order chi connectivity index (χ1) is 14.1. The fourth-order valence-electron chi connectivity index (χ4n) is 3.66. The second-order valence-corrected chi connectivity index (χ2v) is 7.52. The minimum Gasteiger partial charge on any atom is -0.478 e. The Bertz CT molecular complexity index is 926. The van der Waals surface area contributed by atoms with Gasteiger partial charge in [-0.15, -0.1) is 0 Å². The number of aromatic carboxylic acids is 1. The number of carboxylic acids is 1. The minimum atomic E-state index is -4.39. The lowest BCUT2D eigenvalue weighted by atomic mass is 9.89. The van der Waals surface area contributed by atoms with Gasteiger partial charge in [0.1, 0.15) is 0 Å². The molecular weight excluding hydrogens is 397 g/mol. The number of hydrogen-bond donors (Lipinski definition) is 2. The van der Waals surface area contributed by atoms with Crippen LogP contribution in [0.5, 0.6) is 0 Å². The molecule has 0 bridgehead atoms. The van der Waals surface area contributed by atoms with Gasteiger partial charge in [-0.05, 0) is 54.7 Å². The highest BCUT2D eigenvalue weighted by Crippen LogP contribution is 2.30. The van der Waals surface area contributed by atoms with Crippen LogP contribution >= 0.6 is 0 Å². The normalized spacial score (nSPS) is 16.9. The largest absolute Gasteiger partial charge is 0.478 e. The predicted molar refractivity (Wildman–Crippen MR) is 105 cm³/mol. The van der Waals surface area contributed by atoms with Gasteiger partial charge in [-0.25, -0.2) is 9.59 Å². The van der Waals surface area contributed by atoms with E-state index in [0.29, 0.717) is 24.2 Å². The third-order valence-corrected chi connectivity index (χ3v) is 5.40. The monoisotopic (exact) mass is 420 g/mol. The van der Waals surface area contributed by atoms with Crippen molar-refractivity contribution in [1.82, 2.24) is 10.2 Å². The number of nitrogens with zero attached hydrogens (tertiary/aromatic N) is 1. The van der Waals surface area contributed by atoms with Crippen LogP contribution in [0.15, 0.2) is 42.5 Å². The summed E-state index contributed by atoms with van der Waals surface area (Å²) in [7, 11) is 0. The fraction of sp³-hybridized carbons (Fsp3) is 0.364. The highest BCUT2D eigenvalue weighted by atomic mass is 19.4. The molecular formula is C22H23F3N2O3. The Hall–Kier alpha value is -3.03. The number of hydrogen-bond acceptors (Lipinski definition) is 2. The van der Waals surface area contributed by atoms with Crippen molar-refractivity contribution in [3.8, 4) is 0 Å². The van der Waals surface area contributed by atoms with Gasteiger partial charge < -0.3 is 15.3 Å². The van der Waals surface area contributed by atoms with Gasteiger partial charge in [0, 0.05) is 25.6 Å². The molecule has 1 fully saturated rings. The van der Waals surface area contributed by atoms with Crippen LogP contribution in [0.3, 0.4) is 0 Å². The topological polar surface area (TPSA) is 69.6 Å². The van der Waals surface area contributed by atoms with Crippen molar-refractivity contribution < 1.29 is 27.9 Å². The van der Waals surface area contributed by atoms with E-state index in [4.69, 9.17) is 0 Å². The number of amides is 2. The Morgan fingerprint density at radius 2 is 1.87 bits per heavy atom. The van der Waals surface area contributed by atoms with Gasteiger partial charge in [-0.3, -0.25) is 0 Å². The first-order valence-corrected chi connectivity index (χ1v) is 9.68. The molecule has 1 saturated heterocycles. The van der Waals surface area contributed by atoms with Crippen molar-refractivity contribution in [2.75, 3.05) is 13.1 Å². The van der Waals surface area contributed by atoms with Crippen LogP contribution in [0.2, 0.25) is 0 Å². The Balaban J connectivity index is 1.61. The summed E-state index contributed by atoms with van der Waals surface area (Å²) in [6.45, 7) is 2.91. The molecule has 1 aliphatic rings. The number of nitrogens with one attached hydrogen (secondary N) is 1. The molecule has 3 rings (SSSR count). The fourth-order valence-corrected chi connectivity index (χ4v) is 3.66. The Kier molecular flexibility index (Phi) is 6.34. The van der Waals surface area contributed by atoms with E-state index in [9.17, 15) is 27.9 Å². The van der Waals surface area contributed by atoms with Crippen molar-refractivity contribution in [2.24, 2.45) is 0 Å². The number of alkyl halides is 3. The zero-order valence-electron chi connectivity index (χ0n) is 16.5. The highest BCUT2D eigenvalue weighted by molar-refractivity contribution is 5.89. The van der Waals surface area contributed by atoms with Gasteiger partial charge in [-0.1, -0.05) is 24.3 Å².